The van der Waals surface area contributed by atoms with Crippen LogP contribution >= 0.6 is 12.6 Å². The van der Waals surface area contributed by atoms with Crippen LogP contribution in [0.1, 0.15) is 17.3 Å². The number of nitrogens with one attached hydrogen (secondary N) is 3. The van der Waals surface area contributed by atoms with Crippen molar-refractivity contribution in [2.45, 2.75) is 18.2 Å². The number of carbonyl (C=O) groups excluding carboxylic acids is 4. The second kappa shape index (κ2) is 10.2. The first-order chi connectivity index (χ1) is 12.2. The van der Waals surface area contributed by atoms with E-state index in [1.807, 2.05) is 0 Å². The summed E-state index contributed by atoms with van der Waals surface area (Å²) in [7, 11) is 0. The Kier molecular flexibility index (Phi) is 8.29. The van der Waals surface area contributed by atoms with Crippen LogP contribution in [-0.2, 0) is 19.2 Å². The van der Waals surface area contributed by atoms with Gasteiger partial charge in [0.05, 0.1) is 6.54 Å². The smallest absolute Gasteiger partial charge is 0.322 e. The van der Waals surface area contributed by atoms with Crippen molar-refractivity contribution in [1.29, 1.82) is 0 Å². The van der Waals surface area contributed by atoms with Gasteiger partial charge in [-0.2, -0.15) is 12.6 Å². The fourth-order valence-corrected chi connectivity index (χ4v) is 2.02. The number of aliphatic carboxylic acids is 1. The molecule has 0 aliphatic heterocycles. The summed E-state index contributed by atoms with van der Waals surface area (Å²) < 4.78 is 0. The molecule has 0 radical (unpaired) electrons. The monoisotopic (exact) mass is 381 g/mol. The SMILES string of the molecule is C[C@@H](NC(=O)C(S)C(=O)c1ccccc1)C(=O)NCC(=O)NCC(=O)O. The molecular formula is C16H19N3O6S. The molecule has 9 nitrogen and oxygen atoms in total. The summed E-state index contributed by atoms with van der Waals surface area (Å²) in [4.78, 5) is 57.7. The lowest BCUT2D eigenvalue weighted by atomic mass is 10.1. The first kappa shape index (κ1) is 21.2. The van der Waals surface area contributed by atoms with Crippen LogP contribution in [0.3, 0.4) is 0 Å². The molecule has 26 heavy (non-hydrogen) atoms. The van der Waals surface area contributed by atoms with E-state index in [4.69, 9.17) is 5.11 Å². The number of hydrogen-bond donors (Lipinski definition) is 5. The molecule has 0 bridgehead atoms. The lowest BCUT2D eigenvalue weighted by Crippen LogP contribution is -2.50. The number of Topliss-reactive ketones (excluding diaryl/α,β-unsaturated/α-hetero) is 1. The molecule has 1 aromatic rings. The standard InChI is InChI=1S/C16H19N3O6S/c1-9(15(24)18-7-11(20)17-8-12(21)22)19-16(25)14(26)13(23)10-5-3-2-4-6-10/h2-6,9,14,26H,7-8H2,1H3,(H,17,20)(H,18,24)(H,19,25)(H,21,22)/t9-,14?/m1/s1. The fraction of sp³-hybridized carbons (Fsp3) is 0.312. The molecule has 0 fully saturated rings. The van der Waals surface area contributed by atoms with Crippen molar-refractivity contribution < 1.29 is 29.1 Å². The second-order valence-corrected chi connectivity index (χ2v) is 5.77. The van der Waals surface area contributed by atoms with Crippen molar-refractivity contribution in [3.63, 3.8) is 0 Å². The number of benzene rings is 1. The van der Waals surface area contributed by atoms with Crippen molar-refractivity contribution in [3.8, 4) is 0 Å². The molecule has 1 aromatic carbocycles. The molecule has 4 N–H and O–H groups in total. The van der Waals surface area contributed by atoms with E-state index in [2.05, 4.69) is 28.6 Å². The summed E-state index contributed by atoms with van der Waals surface area (Å²) >= 11 is 3.99. The summed E-state index contributed by atoms with van der Waals surface area (Å²) in [6, 6.07) is 7.10. The largest absolute Gasteiger partial charge is 0.480 e. The Labute approximate surface area is 154 Å². The lowest BCUT2D eigenvalue weighted by Gasteiger charge is -2.16. The highest BCUT2D eigenvalue weighted by Crippen LogP contribution is 2.08. The van der Waals surface area contributed by atoms with Gasteiger partial charge in [-0.1, -0.05) is 30.3 Å². The van der Waals surface area contributed by atoms with Gasteiger partial charge in [-0.05, 0) is 6.92 Å². The van der Waals surface area contributed by atoms with Crippen LogP contribution in [0.15, 0.2) is 30.3 Å². The number of carboxylic acids is 1. The number of carbonyl (C=O) groups is 5. The Balaban J connectivity index is 2.47. The van der Waals surface area contributed by atoms with Crippen molar-refractivity contribution in [3.05, 3.63) is 35.9 Å². The highest BCUT2D eigenvalue weighted by Gasteiger charge is 2.26. The fourth-order valence-electron chi connectivity index (χ4n) is 1.79. The Morgan fingerprint density at radius 2 is 1.62 bits per heavy atom. The molecule has 2 atom stereocenters. The summed E-state index contributed by atoms with van der Waals surface area (Å²) in [5, 5.41) is 13.8. The molecule has 0 saturated carbocycles. The van der Waals surface area contributed by atoms with E-state index >= 15 is 0 Å². The minimum Gasteiger partial charge on any atom is -0.480 e. The number of carboxylic acid groups (broad SMARTS) is 1. The predicted molar refractivity (Wildman–Crippen MR) is 94.8 cm³/mol. The van der Waals surface area contributed by atoms with E-state index in [9.17, 15) is 24.0 Å². The normalized spacial score (nSPS) is 12.4. The third-order valence-corrected chi connectivity index (χ3v) is 3.64. The molecule has 0 spiro atoms. The highest BCUT2D eigenvalue weighted by molar-refractivity contribution is 7.82. The first-order valence-corrected chi connectivity index (χ1v) is 8.08. The van der Waals surface area contributed by atoms with Crippen molar-refractivity contribution in [1.82, 2.24) is 16.0 Å². The zero-order valence-corrected chi connectivity index (χ0v) is 14.8. The lowest BCUT2D eigenvalue weighted by molar-refractivity contribution is -0.138. The third-order valence-electron chi connectivity index (χ3n) is 3.17. The van der Waals surface area contributed by atoms with E-state index in [1.165, 1.54) is 6.92 Å². The predicted octanol–water partition coefficient (Wildman–Crippen LogP) is -1.01. The van der Waals surface area contributed by atoms with Crippen LogP contribution in [0, 0.1) is 0 Å². The summed E-state index contributed by atoms with van der Waals surface area (Å²) in [5.41, 5.74) is 0.315. The number of ketones is 1. The van der Waals surface area contributed by atoms with Crippen LogP contribution in [0.25, 0.3) is 0 Å². The van der Waals surface area contributed by atoms with Gasteiger partial charge in [0.25, 0.3) is 0 Å². The molecule has 0 saturated heterocycles. The van der Waals surface area contributed by atoms with Crippen LogP contribution in [0.4, 0.5) is 0 Å². The number of thiol groups is 1. The van der Waals surface area contributed by atoms with Gasteiger partial charge in [0.15, 0.2) is 5.78 Å². The average Bonchev–Trinajstić information content (AvgIpc) is 2.63. The molecule has 0 heterocycles. The number of amides is 3. The molecule has 0 aliphatic carbocycles. The molecule has 10 heteroatoms. The van der Waals surface area contributed by atoms with E-state index in [0.29, 0.717) is 5.56 Å². The zero-order valence-electron chi connectivity index (χ0n) is 13.9. The summed E-state index contributed by atoms with van der Waals surface area (Å²) in [6.07, 6.45) is 0. The van der Waals surface area contributed by atoms with Crippen molar-refractivity contribution >= 4 is 42.1 Å². The molecular weight excluding hydrogens is 362 g/mol. The zero-order chi connectivity index (χ0) is 19.7. The van der Waals surface area contributed by atoms with Crippen molar-refractivity contribution in [2.24, 2.45) is 0 Å². The number of rotatable bonds is 9. The highest BCUT2D eigenvalue weighted by atomic mass is 32.1. The Morgan fingerprint density at radius 1 is 1.00 bits per heavy atom. The summed E-state index contributed by atoms with van der Waals surface area (Å²) in [6.45, 7) is 0.360. The average molecular weight is 381 g/mol. The molecule has 1 unspecified atom stereocenters. The van der Waals surface area contributed by atoms with Gasteiger partial charge in [-0.3, -0.25) is 24.0 Å². The van der Waals surface area contributed by atoms with Gasteiger partial charge in [0, 0.05) is 5.56 Å². The minimum atomic E-state index is -1.29. The first-order valence-electron chi connectivity index (χ1n) is 7.56. The molecule has 0 aromatic heterocycles. The van der Waals surface area contributed by atoms with Crippen LogP contribution < -0.4 is 16.0 Å². The van der Waals surface area contributed by atoms with Gasteiger partial charge in [-0.15, -0.1) is 0 Å². The quantitative estimate of drug-likeness (QED) is 0.211. The van der Waals surface area contributed by atoms with Gasteiger partial charge < -0.3 is 21.1 Å². The van der Waals surface area contributed by atoms with Crippen LogP contribution in [0.5, 0.6) is 0 Å². The third kappa shape index (κ3) is 6.93. The summed E-state index contributed by atoms with van der Waals surface area (Å²) in [5.74, 6) is -3.83. The van der Waals surface area contributed by atoms with Gasteiger partial charge >= 0.3 is 5.97 Å². The van der Waals surface area contributed by atoms with E-state index in [-0.39, 0.29) is 0 Å². The number of hydrogen-bond acceptors (Lipinski definition) is 6. The topological polar surface area (TPSA) is 142 Å². The second-order valence-electron chi connectivity index (χ2n) is 5.25. The molecule has 0 aliphatic rings. The van der Waals surface area contributed by atoms with Gasteiger partial charge in [0.1, 0.15) is 17.8 Å². The maximum Gasteiger partial charge on any atom is 0.322 e. The van der Waals surface area contributed by atoms with E-state index in [1.54, 1.807) is 30.3 Å². The molecule has 3 amide bonds. The maximum atomic E-state index is 12.1. The van der Waals surface area contributed by atoms with E-state index < -0.39 is 53.9 Å². The van der Waals surface area contributed by atoms with E-state index in [0.717, 1.165) is 0 Å². The van der Waals surface area contributed by atoms with Crippen LogP contribution in [0.2, 0.25) is 0 Å². The molecule has 140 valence electrons. The Morgan fingerprint density at radius 3 is 2.19 bits per heavy atom. The maximum absolute atomic E-state index is 12.1. The minimum absolute atomic E-state index is 0.315. The van der Waals surface area contributed by atoms with Crippen LogP contribution in [-0.4, -0.2) is 59.0 Å². The molecule has 1 rings (SSSR count). The van der Waals surface area contributed by atoms with Gasteiger partial charge in [-0.25, -0.2) is 0 Å². The Bertz CT molecular complexity index is 694. The van der Waals surface area contributed by atoms with Gasteiger partial charge in [0.2, 0.25) is 17.7 Å². The Hall–Kier alpha value is -2.88. The van der Waals surface area contributed by atoms with Crippen molar-refractivity contribution in [2.75, 3.05) is 13.1 Å².